The minimum absolute atomic E-state index is 0.186. The van der Waals surface area contributed by atoms with Gasteiger partial charge in [-0.1, -0.05) is 30.3 Å². The van der Waals surface area contributed by atoms with Gasteiger partial charge in [-0.15, -0.1) is 0 Å². The van der Waals surface area contributed by atoms with Crippen LogP contribution in [0.3, 0.4) is 0 Å². The Morgan fingerprint density at radius 3 is 2.62 bits per heavy atom. The Balaban J connectivity index is 1.82. The zero-order valence-corrected chi connectivity index (χ0v) is 15.6. The molecule has 2 amide bonds. The van der Waals surface area contributed by atoms with Crippen molar-refractivity contribution >= 4 is 12.2 Å². The van der Waals surface area contributed by atoms with Gasteiger partial charge in [0.2, 0.25) is 0 Å². The van der Waals surface area contributed by atoms with Crippen LogP contribution < -0.4 is 5.32 Å². The summed E-state index contributed by atoms with van der Waals surface area (Å²) < 4.78 is 10.6. The second-order valence-electron chi connectivity index (χ2n) is 7.51. The van der Waals surface area contributed by atoms with Crippen LogP contribution in [-0.2, 0) is 16.1 Å². The summed E-state index contributed by atoms with van der Waals surface area (Å²) in [5.41, 5.74) is 0.312. The van der Waals surface area contributed by atoms with E-state index in [9.17, 15) is 14.7 Å². The summed E-state index contributed by atoms with van der Waals surface area (Å²) in [6.45, 7) is 6.17. The third-order valence-electron chi connectivity index (χ3n) is 3.92. The third-order valence-corrected chi connectivity index (χ3v) is 3.92. The van der Waals surface area contributed by atoms with E-state index in [2.05, 4.69) is 5.32 Å². The summed E-state index contributed by atoms with van der Waals surface area (Å²) in [6, 6.07) is 9.14. The lowest BCUT2D eigenvalue weighted by Crippen LogP contribution is -2.40. The van der Waals surface area contributed by atoms with E-state index in [1.807, 2.05) is 30.3 Å². The highest BCUT2D eigenvalue weighted by atomic mass is 16.6. The molecule has 26 heavy (non-hydrogen) atoms. The number of aliphatic hydroxyl groups excluding tert-OH is 1. The summed E-state index contributed by atoms with van der Waals surface area (Å²) in [4.78, 5) is 25.6. The fourth-order valence-corrected chi connectivity index (χ4v) is 2.73. The molecule has 0 spiro atoms. The number of aliphatic hydroxyl groups is 1. The standard InChI is InChI=1S/C19H28N2O5/c1-19(2,3)26-18(24)21-10-9-15(11-16(22)12-21)20-17(23)25-13-14-7-5-4-6-8-14/h4-8,15-16,22H,9-13H2,1-3H3,(H,20,23)/t15-,16-/m0/s1. The molecule has 2 N–H and O–H groups in total. The molecule has 0 saturated carbocycles. The summed E-state index contributed by atoms with van der Waals surface area (Å²) in [6.07, 6.45) is -0.832. The lowest BCUT2D eigenvalue weighted by molar-refractivity contribution is 0.0173. The maximum absolute atomic E-state index is 12.2. The van der Waals surface area contributed by atoms with Crippen LogP contribution in [0.4, 0.5) is 9.59 Å². The van der Waals surface area contributed by atoms with Crippen molar-refractivity contribution in [3.63, 3.8) is 0 Å². The molecule has 1 aliphatic rings. The zero-order valence-electron chi connectivity index (χ0n) is 15.6. The van der Waals surface area contributed by atoms with Crippen LogP contribution >= 0.6 is 0 Å². The fraction of sp³-hybridized carbons (Fsp3) is 0.579. The van der Waals surface area contributed by atoms with Crippen molar-refractivity contribution in [3.8, 4) is 0 Å². The van der Waals surface area contributed by atoms with E-state index in [-0.39, 0.29) is 19.2 Å². The van der Waals surface area contributed by atoms with Gasteiger partial charge < -0.3 is 24.8 Å². The summed E-state index contributed by atoms with van der Waals surface area (Å²) in [5.74, 6) is 0. The molecule has 7 nitrogen and oxygen atoms in total. The zero-order chi connectivity index (χ0) is 19.2. The molecule has 0 bridgehead atoms. The number of benzene rings is 1. The molecule has 2 atom stereocenters. The van der Waals surface area contributed by atoms with E-state index in [0.717, 1.165) is 5.56 Å². The van der Waals surface area contributed by atoms with Crippen LogP contribution in [0.1, 0.15) is 39.2 Å². The molecule has 0 unspecified atom stereocenters. The van der Waals surface area contributed by atoms with E-state index in [1.165, 1.54) is 4.90 Å². The quantitative estimate of drug-likeness (QED) is 0.861. The highest BCUT2D eigenvalue weighted by molar-refractivity contribution is 5.69. The van der Waals surface area contributed by atoms with Crippen molar-refractivity contribution in [2.45, 2.75) is 58.0 Å². The topological polar surface area (TPSA) is 88.1 Å². The Labute approximate surface area is 154 Å². The number of nitrogens with one attached hydrogen (secondary N) is 1. The number of hydrogen-bond donors (Lipinski definition) is 2. The van der Waals surface area contributed by atoms with E-state index in [1.54, 1.807) is 20.8 Å². The Hall–Kier alpha value is -2.28. The minimum Gasteiger partial charge on any atom is -0.445 e. The second kappa shape index (κ2) is 8.89. The number of carbonyl (C=O) groups excluding carboxylic acids is 2. The maximum Gasteiger partial charge on any atom is 0.410 e. The molecule has 0 aliphatic carbocycles. The molecule has 2 rings (SSSR count). The fourth-order valence-electron chi connectivity index (χ4n) is 2.73. The van der Waals surface area contributed by atoms with Crippen LogP contribution in [-0.4, -0.2) is 53.0 Å². The highest BCUT2D eigenvalue weighted by Gasteiger charge is 2.29. The van der Waals surface area contributed by atoms with Gasteiger partial charge in [0, 0.05) is 19.1 Å². The normalized spacial score (nSPS) is 20.8. The number of ether oxygens (including phenoxy) is 2. The van der Waals surface area contributed by atoms with Crippen LogP contribution in [0.25, 0.3) is 0 Å². The first-order chi connectivity index (χ1) is 12.2. The Kier molecular flexibility index (Phi) is 6.85. The largest absolute Gasteiger partial charge is 0.445 e. The predicted octanol–water partition coefficient (Wildman–Crippen LogP) is 2.67. The van der Waals surface area contributed by atoms with E-state index >= 15 is 0 Å². The average molecular weight is 364 g/mol. The first-order valence-corrected chi connectivity index (χ1v) is 8.86. The predicted molar refractivity (Wildman–Crippen MR) is 96.6 cm³/mol. The number of β-amino-alcohol motifs (C(OH)–C–C–N with tert-alkyl or cyclic N) is 1. The summed E-state index contributed by atoms with van der Waals surface area (Å²) in [5, 5.41) is 12.9. The number of amides is 2. The first kappa shape index (κ1) is 20.0. The van der Waals surface area contributed by atoms with Gasteiger partial charge in [-0.05, 0) is 39.2 Å². The highest BCUT2D eigenvalue weighted by Crippen LogP contribution is 2.16. The second-order valence-corrected chi connectivity index (χ2v) is 7.51. The van der Waals surface area contributed by atoms with Crippen LogP contribution in [0.15, 0.2) is 30.3 Å². The molecule has 144 valence electrons. The van der Waals surface area contributed by atoms with Gasteiger partial charge in [0.05, 0.1) is 6.10 Å². The number of likely N-dealkylation sites (tertiary alicyclic amines) is 1. The van der Waals surface area contributed by atoms with Crippen molar-refractivity contribution in [2.24, 2.45) is 0 Å². The number of rotatable bonds is 3. The summed E-state index contributed by atoms with van der Waals surface area (Å²) >= 11 is 0. The smallest absolute Gasteiger partial charge is 0.410 e. The molecule has 1 saturated heterocycles. The number of carbonyl (C=O) groups is 2. The lowest BCUT2D eigenvalue weighted by atomic mass is 10.1. The van der Waals surface area contributed by atoms with Gasteiger partial charge in [-0.2, -0.15) is 0 Å². The lowest BCUT2D eigenvalue weighted by Gasteiger charge is -2.27. The van der Waals surface area contributed by atoms with Crippen molar-refractivity contribution in [1.29, 1.82) is 0 Å². The molecule has 1 aliphatic heterocycles. The Bertz CT molecular complexity index is 600. The van der Waals surface area contributed by atoms with Crippen molar-refractivity contribution in [2.75, 3.05) is 13.1 Å². The van der Waals surface area contributed by atoms with Gasteiger partial charge in [-0.3, -0.25) is 0 Å². The van der Waals surface area contributed by atoms with Gasteiger partial charge in [-0.25, -0.2) is 9.59 Å². The van der Waals surface area contributed by atoms with E-state index in [0.29, 0.717) is 19.4 Å². The van der Waals surface area contributed by atoms with Crippen molar-refractivity contribution in [3.05, 3.63) is 35.9 Å². The average Bonchev–Trinajstić information content (AvgIpc) is 2.74. The number of nitrogens with zero attached hydrogens (tertiary/aromatic N) is 1. The van der Waals surface area contributed by atoms with Crippen molar-refractivity contribution in [1.82, 2.24) is 10.2 Å². The number of hydrogen-bond acceptors (Lipinski definition) is 5. The third kappa shape index (κ3) is 6.92. The van der Waals surface area contributed by atoms with E-state index < -0.39 is 23.9 Å². The number of alkyl carbamates (subject to hydrolysis) is 1. The van der Waals surface area contributed by atoms with Crippen molar-refractivity contribution < 1.29 is 24.2 Å². The molecule has 1 aromatic carbocycles. The Morgan fingerprint density at radius 1 is 1.27 bits per heavy atom. The molecule has 7 heteroatoms. The molecule has 1 heterocycles. The molecular weight excluding hydrogens is 336 g/mol. The molecular formula is C19H28N2O5. The van der Waals surface area contributed by atoms with Gasteiger partial charge >= 0.3 is 12.2 Å². The molecule has 1 aromatic rings. The monoisotopic (exact) mass is 364 g/mol. The first-order valence-electron chi connectivity index (χ1n) is 8.86. The summed E-state index contributed by atoms with van der Waals surface area (Å²) in [7, 11) is 0. The minimum atomic E-state index is -0.732. The Morgan fingerprint density at radius 2 is 1.96 bits per heavy atom. The van der Waals surface area contributed by atoms with Crippen LogP contribution in [0.5, 0.6) is 0 Å². The molecule has 0 aromatic heterocycles. The van der Waals surface area contributed by atoms with Gasteiger partial charge in [0.1, 0.15) is 12.2 Å². The van der Waals surface area contributed by atoms with Crippen LogP contribution in [0.2, 0.25) is 0 Å². The van der Waals surface area contributed by atoms with Gasteiger partial charge in [0.25, 0.3) is 0 Å². The van der Waals surface area contributed by atoms with Crippen LogP contribution in [0, 0.1) is 0 Å². The van der Waals surface area contributed by atoms with E-state index in [4.69, 9.17) is 9.47 Å². The molecule has 1 fully saturated rings. The molecule has 0 radical (unpaired) electrons. The van der Waals surface area contributed by atoms with Gasteiger partial charge in [0.15, 0.2) is 0 Å². The maximum atomic E-state index is 12.2. The SMILES string of the molecule is CC(C)(C)OC(=O)N1CC[C@H](NC(=O)OCc2ccccc2)C[C@H](O)C1.